The average Bonchev–Trinajstić information content (AvgIpc) is 1.97. The first-order valence-electron chi connectivity index (χ1n) is 2.83. The minimum Gasteiger partial charge on any atom is -0.267 e. The second-order valence-corrected chi connectivity index (χ2v) is 1.80. The molecule has 0 saturated carbocycles. The summed E-state index contributed by atoms with van der Waals surface area (Å²) in [5, 5.41) is 5.37. The van der Waals surface area contributed by atoms with Gasteiger partial charge in [-0.1, -0.05) is 5.92 Å². The van der Waals surface area contributed by atoms with E-state index in [2.05, 4.69) is 16.1 Å². The number of aromatic amines is 1. The Hall–Kier alpha value is -1.83. The highest BCUT2D eigenvalue weighted by molar-refractivity contribution is 4.87. The molecule has 0 aromatic carbocycles. The number of nitrogens with zero attached hydrogens (tertiary/aromatic N) is 2. The fourth-order valence-electron chi connectivity index (χ4n) is 0.614. The van der Waals surface area contributed by atoms with Crippen molar-refractivity contribution in [3.8, 4) is 12.3 Å². The smallest absolute Gasteiger partial charge is 0.267 e. The predicted octanol–water partition coefficient (Wildman–Crippen LogP) is -1.44. The summed E-state index contributed by atoms with van der Waals surface area (Å²) in [6.45, 7) is -0.0311. The molecule has 1 N–H and O–H groups in total. The zero-order valence-corrected chi connectivity index (χ0v) is 5.57. The Labute approximate surface area is 61.7 Å². The van der Waals surface area contributed by atoms with Gasteiger partial charge in [-0.15, -0.1) is 6.42 Å². The van der Waals surface area contributed by atoms with Crippen molar-refractivity contribution < 1.29 is 0 Å². The summed E-state index contributed by atoms with van der Waals surface area (Å²) in [6, 6.07) is 0. The molecule has 1 heterocycles. The van der Waals surface area contributed by atoms with Crippen LogP contribution in [-0.2, 0) is 6.54 Å². The van der Waals surface area contributed by atoms with E-state index in [9.17, 15) is 9.59 Å². The van der Waals surface area contributed by atoms with E-state index in [0.717, 1.165) is 10.8 Å². The van der Waals surface area contributed by atoms with Crippen molar-refractivity contribution in [2.45, 2.75) is 6.54 Å². The van der Waals surface area contributed by atoms with Gasteiger partial charge in [-0.2, -0.15) is 5.10 Å². The first kappa shape index (κ1) is 7.28. The van der Waals surface area contributed by atoms with Crippen LogP contribution in [0, 0.1) is 12.3 Å². The quantitative estimate of drug-likeness (QED) is 0.500. The molecule has 0 saturated heterocycles. The summed E-state index contributed by atoms with van der Waals surface area (Å²) in [5.41, 5.74) is -1.08. The van der Waals surface area contributed by atoms with E-state index in [1.54, 1.807) is 0 Å². The van der Waals surface area contributed by atoms with Crippen LogP contribution in [0.2, 0.25) is 0 Å². The van der Waals surface area contributed by atoms with Crippen LogP contribution >= 0.6 is 0 Å². The molecule has 56 valence electrons. The van der Waals surface area contributed by atoms with Crippen molar-refractivity contribution >= 4 is 0 Å². The summed E-state index contributed by atoms with van der Waals surface area (Å²) in [4.78, 5) is 21.6. The number of H-pyrrole nitrogens is 1. The van der Waals surface area contributed by atoms with Gasteiger partial charge in [-0.25, -0.2) is 14.5 Å². The number of rotatable bonds is 1. The summed E-state index contributed by atoms with van der Waals surface area (Å²) in [6.07, 6.45) is 5.91. The van der Waals surface area contributed by atoms with Crippen molar-refractivity contribution in [2.24, 2.45) is 0 Å². The van der Waals surface area contributed by atoms with Gasteiger partial charge in [0.2, 0.25) is 0 Å². The lowest BCUT2D eigenvalue weighted by Gasteiger charge is -1.94. The van der Waals surface area contributed by atoms with E-state index in [-0.39, 0.29) is 6.54 Å². The topological polar surface area (TPSA) is 67.8 Å². The van der Waals surface area contributed by atoms with E-state index in [4.69, 9.17) is 6.42 Å². The van der Waals surface area contributed by atoms with Crippen LogP contribution in [0.1, 0.15) is 0 Å². The van der Waals surface area contributed by atoms with E-state index < -0.39 is 11.2 Å². The number of hydrogen-bond donors (Lipinski definition) is 1. The number of hydrogen-bond acceptors (Lipinski definition) is 3. The van der Waals surface area contributed by atoms with E-state index in [0.29, 0.717) is 0 Å². The van der Waals surface area contributed by atoms with Crippen LogP contribution in [0.4, 0.5) is 0 Å². The summed E-state index contributed by atoms with van der Waals surface area (Å²) < 4.78 is 0.882. The Morgan fingerprint density at radius 2 is 2.45 bits per heavy atom. The van der Waals surface area contributed by atoms with Gasteiger partial charge in [-0.3, -0.25) is 4.79 Å². The maximum Gasteiger partial charge on any atom is 0.345 e. The standard InChI is InChI=1S/C6H5N3O2/c1-2-3-9-5(10)4-7-8-6(9)11/h1,4H,3H2,(H,8,11). The van der Waals surface area contributed by atoms with Gasteiger partial charge in [0.15, 0.2) is 0 Å². The lowest BCUT2D eigenvalue weighted by atomic mass is 10.6. The van der Waals surface area contributed by atoms with Crippen molar-refractivity contribution in [3.63, 3.8) is 0 Å². The van der Waals surface area contributed by atoms with Crippen LogP contribution in [0.3, 0.4) is 0 Å². The molecule has 1 rings (SSSR count). The SMILES string of the molecule is C#CCn1c(=O)cn[nH]c1=O. The van der Waals surface area contributed by atoms with Crippen molar-refractivity contribution in [1.82, 2.24) is 14.8 Å². The monoisotopic (exact) mass is 151 g/mol. The van der Waals surface area contributed by atoms with Crippen molar-refractivity contribution in [1.29, 1.82) is 0 Å². The van der Waals surface area contributed by atoms with Gasteiger partial charge < -0.3 is 0 Å². The van der Waals surface area contributed by atoms with E-state index >= 15 is 0 Å². The van der Waals surface area contributed by atoms with Crippen LogP contribution in [0.5, 0.6) is 0 Å². The molecular weight excluding hydrogens is 146 g/mol. The Balaban J connectivity index is 3.36. The predicted molar refractivity (Wildman–Crippen MR) is 38.0 cm³/mol. The zero-order chi connectivity index (χ0) is 8.27. The van der Waals surface area contributed by atoms with Gasteiger partial charge in [0.1, 0.15) is 6.20 Å². The maximum absolute atomic E-state index is 10.8. The van der Waals surface area contributed by atoms with Gasteiger partial charge in [-0.05, 0) is 0 Å². The second kappa shape index (κ2) is 2.84. The highest BCUT2D eigenvalue weighted by Crippen LogP contribution is 1.64. The molecule has 5 heteroatoms. The summed E-state index contributed by atoms with van der Waals surface area (Å²) in [7, 11) is 0. The van der Waals surface area contributed by atoms with Crippen molar-refractivity contribution in [3.05, 3.63) is 27.0 Å². The Bertz CT molecular complexity index is 367. The molecule has 0 radical (unpaired) electrons. The minimum atomic E-state index is -0.588. The van der Waals surface area contributed by atoms with Gasteiger partial charge in [0, 0.05) is 0 Å². The number of terminal acetylenes is 1. The molecule has 0 bridgehead atoms. The lowest BCUT2D eigenvalue weighted by Crippen LogP contribution is -2.34. The molecule has 0 aliphatic heterocycles. The molecule has 1 aromatic heterocycles. The molecule has 0 aliphatic rings. The van der Waals surface area contributed by atoms with Gasteiger partial charge >= 0.3 is 5.69 Å². The third kappa shape index (κ3) is 1.35. The van der Waals surface area contributed by atoms with Gasteiger partial charge in [0.25, 0.3) is 5.56 Å². The molecule has 0 unspecified atom stereocenters. The third-order valence-corrected chi connectivity index (χ3v) is 1.10. The molecule has 0 fully saturated rings. The largest absolute Gasteiger partial charge is 0.345 e. The maximum atomic E-state index is 10.8. The zero-order valence-electron chi connectivity index (χ0n) is 5.57. The molecule has 0 aliphatic carbocycles. The fraction of sp³-hybridized carbons (Fsp3) is 0.167. The Kier molecular flexibility index (Phi) is 1.88. The molecule has 0 spiro atoms. The van der Waals surface area contributed by atoms with E-state index in [1.165, 1.54) is 0 Å². The Morgan fingerprint density at radius 3 is 3.00 bits per heavy atom. The van der Waals surface area contributed by atoms with Crippen molar-refractivity contribution in [2.75, 3.05) is 0 Å². The fourth-order valence-corrected chi connectivity index (χ4v) is 0.614. The highest BCUT2D eigenvalue weighted by Gasteiger charge is 1.96. The first-order valence-corrected chi connectivity index (χ1v) is 2.83. The molecule has 0 amide bonds. The molecule has 1 aromatic rings. The summed E-state index contributed by atoms with van der Waals surface area (Å²) in [5.74, 6) is 2.18. The first-order chi connectivity index (χ1) is 5.25. The number of aromatic nitrogens is 3. The number of nitrogens with one attached hydrogen (secondary N) is 1. The normalized spacial score (nSPS) is 9.00. The molecule has 0 atom stereocenters. The van der Waals surface area contributed by atoms with Crippen LogP contribution in [0.15, 0.2) is 15.8 Å². The minimum absolute atomic E-state index is 0.0311. The van der Waals surface area contributed by atoms with Crippen LogP contribution in [-0.4, -0.2) is 14.8 Å². The van der Waals surface area contributed by atoms with Crippen LogP contribution in [0.25, 0.3) is 0 Å². The highest BCUT2D eigenvalue weighted by atomic mass is 16.2. The lowest BCUT2D eigenvalue weighted by molar-refractivity contribution is 0.689. The summed E-state index contributed by atoms with van der Waals surface area (Å²) >= 11 is 0. The third-order valence-electron chi connectivity index (χ3n) is 1.10. The molecular formula is C6H5N3O2. The van der Waals surface area contributed by atoms with Gasteiger partial charge in [0.05, 0.1) is 6.54 Å². The molecule has 5 nitrogen and oxygen atoms in total. The van der Waals surface area contributed by atoms with Crippen LogP contribution < -0.4 is 11.2 Å². The second-order valence-electron chi connectivity index (χ2n) is 1.80. The average molecular weight is 151 g/mol. The van der Waals surface area contributed by atoms with E-state index in [1.807, 2.05) is 0 Å². The molecule has 11 heavy (non-hydrogen) atoms. The Morgan fingerprint density at radius 1 is 1.73 bits per heavy atom.